The minimum absolute atomic E-state index is 0.606. The van der Waals surface area contributed by atoms with Gasteiger partial charge in [0.2, 0.25) is 0 Å². The molecular weight excluding hydrogens is 244 g/mol. The summed E-state index contributed by atoms with van der Waals surface area (Å²) in [7, 11) is 2.16. The lowest BCUT2D eigenvalue weighted by atomic mass is 10.1. The molecule has 0 amide bonds. The Morgan fingerprint density at radius 3 is 2.10 bits per heavy atom. The average molecular weight is 268 g/mol. The predicted octanol–water partition coefficient (Wildman–Crippen LogP) is 3.39. The molecule has 0 radical (unpaired) electrons. The first-order valence-electron chi connectivity index (χ1n) is 7.10. The summed E-state index contributed by atoms with van der Waals surface area (Å²) in [5.74, 6) is 0. The quantitative estimate of drug-likeness (QED) is 0.900. The van der Waals surface area contributed by atoms with Crippen molar-refractivity contribution >= 4 is 0 Å². The van der Waals surface area contributed by atoms with Crippen molar-refractivity contribution in [1.29, 1.82) is 0 Å². The molecule has 0 aliphatic carbocycles. The minimum atomic E-state index is 0.606. The summed E-state index contributed by atoms with van der Waals surface area (Å²) in [5.41, 5.74) is 12.2. The molecule has 0 aliphatic rings. The van der Waals surface area contributed by atoms with Gasteiger partial charge in [0, 0.05) is 19.6 Å². The molecule has 2 rings (SSSR count). The molecule has 0 unspecified atom stereocenters. The largest absolute Gasteiger partial charge is 0.326 e. The van der Waals surface area contributed by atoms with Gasteiger partial charge in [0.1, 0.15) is 0 Å². The highest BCUT2D eigenvalue weighted by Crippen LogP contribution is 2.13. The van der Waals surface area contributed by atoms with Crippen LogP contribution in [0, 0.1) is 13.8 Å². The second-order valence-electron chi connectivity index (χ2n) is 5.69. The van der Waals surface area contributed by atoms with E-state index in [0.717, 1.165) is 13.1 Å². The molecular formula is C18H24N2. The Bertz CT molecular complexity index is 555. The highest BCUT2D eigenvalue weighted by atomic mass is 15.1. The Morgan fingerprint density at radius 2 is 1.45 bits per heavy atom. The zero-order chi connectivity index (χ0) is 14.5. The molecule has 0 saturated heterocycles. The van der Waals surface area contributed by atoms with Gasteiger partial charge in [-0.2, -0.15) is 0 Å². The maximum atomic E-state index is 5.69. The lowest BCUT2D eigenvalue weighted by Crippen LogP contribution is -2.17. The van der Waals surface area contributed by atoms with E-state index in [4.69, 9.17) is 5.73 Å². The Kier molecular flexibility index (Phi) is 4.94. The molecule has 0 aliphatic heterocycles. The van der Waals surface area contributed by atoms with Gasteiger partial charge < -0.3 is 5.73 Å². The zero-order valence-corrected chi connectivity index (χ0v) is 12.7. The summed E-state index contributed by atoms with van der Waals surface area (Å²) in [6.07, 6.45) is 0. The normalized spacial score (nSPS) is 11.1. The summed E-state index contributed by atoms with van der Waals surface area (Å²) >= 11 is 0. The maximum Gasteiger partial charge on any atom is 0.0234 e. The molecule has 0 heterocycles. The van der Waals surface area contributed by atoms with Gasteiger partial charge in [-0.15, -0.1) is 0 Å². The van der Waals surface area contributed by atoms with E-state index in [1.54, 1.807) is 0 Å². The number of rotatable bonds is 5. The molecule has 0 saturated carbocycles. The molecule has 106 valence electrons. The maximum absolute atomic E-state index is 5.69. The standard InChI is InChI=1S/C18H24N2/c1-14-7-15(2)9-18(8-14)13-20(3)12-17-6-4-5-16(10-17)11-19/h4-10H,11-13,19H2,1-3H3. The van der Waals surface area contributed by atoms with Crippen LogP contribution in [0.25, 0.3) is 0 Å². The molecule has 2 N–H and O–H groups in total. The number of benzene rings is 2. The van der Waals surface area contributed by atoms with Crippen molar-refractivity contribution < 1.29 is 0 Å². The van der Waals surface area contributed by atoms with Crippen molar-refractivity contribution in [2.45, 2.75) is 33.5 Å². The lowest BCUT2D eigenvalue weighted by molar-refractivity contribution is 0.319. The van der Waals surface area contributed by atoms with Gasteiger partial charge in [0.15, 0.2) is 0 Å². The number of hydrogen-bond acceptors (Lipinski definition) is 2. The second kappa shape index (κ2) is 6.69. The zero-order valence-electron chi connectivity index (χ0n) is 12.7. The molecule has 0 spiro atoms. The van der Waals surface area contributed by atoms with E-state index in [2.05, 4.69) is 68.3 Å². The molecule has 0 bridgehead atoms. The van der Waals surface area contributed by atoms with Crippen LogP contribution in [0.5, 0.6) is 0 Å². The van der Waals surface area contributed by atoms with Crippen molar-refractivity contribution in [2.24, 2.45) is 5.73 Å². The molecule has 2 heteroatoms. The lowest BCUT2D eigenvalue weighted by Gasteiger charge is -2.18. The first-order valence-corrected chi connectivity index (χ1v) is 7.10. The van der Waals surface area contributed by atoms with Gasteiger partial charge in [-0.05, 0) is 37.6 Å². The van der Waals surface area contributed by atoms with Crippen molar-refractivity contribution in [3.05, 3.63) is 70.3 Å². The first-order chi connectivity index (χ1) is 9.56. The third-order valence-corrected chi connectivity index (χ3v) is 3.41. The van der Waals surface area contributed by atoms with Crippen LogP contribution in [0.4, 0.5) is 0 Å². The van der Waals surface area contributed by atoms with E-state index < -0.39 is 0 Å². The third-order valence-electron chi connectivity index (χ3n) is 3.41. The minimum Gasteiger partial charge on any atom is -0.326 e. The van der Waals surface area contributed by atoms with Crippen LogP contribution in [0.15, 0.2) is 42.5 Å². The van der Waals surface area contributed by atoms with E-state index in [0.29, 0.717) is 6.54 Å². The highest BCUT2D eigenvalue weighted by Gasteiger charge is 2.04. The average Bonchev–Trinajstić information content (AvgIpc) is 2.37. The van der Waals surface area contributed by atoms with Gasteiger partial charge in [-0.25, -0.2) is 0 Å². The molecule has 2 aromatic rings. The first kappa shape index (κ1) is 14.8. The molecule has 20 heavy (non-hydrogen) atoms. The summed E-state index contributed by atoms with van der Waals surface area (Å²) in [6.45, 7) is 6.83. The van der Waals surface area contributed by atoms with Gasteiger partial charge in [0.05, 0.1) is 0 Å². The van der Waals surface area contributed by atoms with Gasteiger partial charge in [-0.3, -0.25) is 4.90 Å². The van der Waals surface area contributed by atoms with Crippen molar-refractivity contribution in [1.82, 2.24) is 4.90 Å². The fourth-order valence-corrected chi connectivity index (χ4v) is 2.69. The van der Waals surface area contributed by atoms with Crippen LogP contribution in [-0.2, 0) is 19.6 Å². The van der Waals surface area contributed by atoms with Crippen molar-refractivity contribution in [3.8, 4) is 0 Å². The fourth-order valence-electron chi connectivity index (χ4n) is 2.69. The Hall–Kier alpha value is -1.64. The highest BCUT2D eigenvalue weighted by molar-refractivity contribution is 5.28. The number of aryl methyl sites for hydroxylation is 2. The Morgan fingerprint density at radius 1 is 0.850 bits per heavy atom. The van der Waals surface area contributed by atoms with Crippen LogP contribution in [0.3, 0.4) is 0 Å². The number of hydrogen-bond donors (Lipinski definition) is 1. The Balaban J connectivity index is 2.02. The van der Waals surface area contributed by atoms with Crippen LogP contribution < -0.4 is 5.73 Å². The van der Waals surface area contributed by atoms with E-state index in [9.17, 15) is 0 Å². The topological polar surface area (TPSA) is 29.3 Å². The van der Waals surface area contributed by atoms with Gasteiger partial charge >= 0.3 is 0 Å². The van der Waals surface area contributed by atoms with Crippen molar-refractivity contribution in [2.75, 3.05) is 7.05 Å². The summed E-state index contributed by atoms with van der Waals surface area (Å²) in [6, 6.07) is 15.3. The van der Waals surface area contributed by atoms with E-state index in [1.165, 1.54) is 27.8 Å². The SMILES string of the molecule is Cc1cc(C)cc(CN(C)Cc2cccc(CN)c2)c1. The molecule has 2 aromatic carbocycles. The molecule has 0 atom stereocenters. The predicted molar refractivity (Wildman–Crippen MR) is 85.4 cm³/mol. The molecule has 0 aromatic heterocycles. The van der Waals surface area contributed by atoms with Crippen LogP contribution in [0.2, 0.25) is 0 Å². The van der Waals surface area contributed by atoms with Crippen LogP contribution in [0.1, 0.15) is 27.8 Å². The van der Waals surface area contributed by atoms with E-state index in [1.807, 2.05) is 0 Å². The fraction of sp³-hybridized carbons (Fsp3) is 0.333. The van der Waals surface area contributed by atoms with E-state index in [-0.39, 0.29) is 0 Å². The van der Waals surface area contributed by atoms with Gasteiger partial charge in [-0.1, -0.05) is 53.6 Å². The third kappa shape index (κ3) is 4.19. The molecule has 2 nitrogen and oxygen atoms in total. The molecule has 0 fully saturated rings. The van der Waals surface area contributed by atoms with Gasteiger partial charge in [0.25, 0.3) is 0 Å². The smallest absolute Gasteiger partial charge is 0.0234 e. The van der Waals surface area contributed by atoms with Crippen molar-refractivity contribution in [3.63, 3.8) is 0 Å². The van der Waals surface area contributed by atoms with Crippen LogP contribution in [-0.4, -0.2) is 11.9 Å². The van der Waals surface area contributed by atoms with Crippen LogP contribution >= 0.6 is 0 Å². The summed E-state index contributed by atoms with van der Waals surface area (Å²) in [5, 5.41) is 0. The number of nitrogens with zero attached hydrogens (tertiary/aromatic N) is 1. The summed E-state index contributed by atoms with van der Waals surface area (Å²) in [4.78, 5) is 2.34. The monoisotopic (exact) mass is 268 g/mol. The number of nitrogens with two attached hydrogens (primary N) is 1. The van der Waals surface area contributed by atoms with E-state index >= 15 is 0 Å². The second-order valence-corrected chi connectivity index (χ2v) is 5.69. The summed E-state index contributed by atoms with van der Waals surface area (Å²) < 4.78 is 0. The Labute approximate surface area is 122 Å².